The van der Waals surface area contributed by atoms with Crippen molar-refractivity contribution in [2.45, 2.75) is 0 Å². The van der Waals surface area contributed by atoms with E-state index in [4.69, 9.17) is 23.2 Å². The number of thiazole rings is 1. The lowest BCUT2D eigenvalue weighted by molar-refractivity contribution is -0.856. The lowest BCUT2D eigenvalue weighted by Gasteiger charge is -2.21. The number of rotatable bonds is 5. The van der Waals surface area contributed by atoms with Gasteiger partial charge in [0, 0.05) is 5.02 Å². The maximum absolute atomic E-state index is 14.0. The molecule has 0 saturated heterocycles. The van der Waals surface area contributed by atoms with Crippen molar-refractivity contribution < 1.29 is 14.1 Å². The number of halogens is 3. The summed E-state index contributed by atoms with van der Waals surface area (Å²) in [7, 11) is 3.99. The van der Waals surface area contributed by atoms with Gasteiger partial charge in [0.1, 0.15) is 11.3 Å². The third-order valence-electron chi connectivity index (χ3n) is 3.83. The van der Waals surface area contributed by atoms with Crippen molar-refractivity contribution in [1.29, 1.82) is 0 Å². The number of para-hydroxylation sites is 1. The summed E-state index contributed by atoms with van der Waals surface area (Å²) in [4.78, 5) is 20.2. The molecular formula is C18H17Cl2FN3OS+. The molecular weight excluding hydrogens is 396 g/mol. The topological polar surface area (TPSA) is 37.6 Å². The van der Waals surface area contributed by atoms with Crippen LogP contribution in [0.15, 0.2) is 36.4 Å². The summed E-state index contributed by atoms with van der Waals surface area (Å²) < 4.78 is 14.7. The Morgan fingerprint density at radius 1 is 1.27 bits per heavy atom. The first-order valence-corrected chi connectivity index (χ1v) is 9.55. The molecule has 0 aliphatic carbocycles. The molecule has 0 fully saturated rings. The van der Waals surface area contributed by atoms with E-state index in [9.17, 15) is 9.18 Å². The monoisotopic (exact) mass is 412 g/mol. The highest BCUT2D eigenvalue weighted by Gasteiger charge is 2.24. The van der Waals surface area contributed by atoms with Crippen LogP contribution in [0.3, 0.4) is 0 Å². The Labute approximate surface area is 164 Å². The summed E-state index contributed by atoms with van der Waals surface area (Å²) in [6, 6.07) is 9.52. The van der Waals surface area contributed by atoms with E-state index in [1.165, 1.54) is 28.4 Å². The number of benzene rings is 2. The summed E-state index contributed by atoms with van der Waals surface area (Å²) in [5.74, 6) is -0.687. The molecule has 1 N–H and O–H groups in total. The van der Waals surface area contributed by atoms with Crippen LogP contribution in [0.2, 0.25) is 10.0 Å². The van der Waals surface area contributed by atoms with Gasteiger partial charge in [-0.1, -0.05) is 40.6 Å². The Kier molecular flexibility index (Phi) is 5.77. The minimum absolute atomic E-state index is 0.268. The molecule has 2 aromatic carbocycles. The summed E-state index contributed by atoms with van der Waals surface area (Å²) in [6.45, 7) is 1.14. The van der Waals surface area contributed by atoms with Gasteiger partial charge in [-0.25, -0.2) is 9.37 Å². The number of hydrogen-bond acceptors (Lipinski definition) is 3. The van der Waals surface area contributed by atoms with Gasteiger partial charge in [0.15, 0.2) is 5.13 Å². The van der Waals surface area contributed by atoms with Crippen molar-refractivity contribution in [2.24, 2.45) is 0 Å². The molecule has 0 spiro atoms. The molecule has 1 heterocycles. The van der Waals surface area contributed by atoms with E-state index in [0.717, 1.165) is 0 Å². The van der Waals surface area contributed by atoms with Gasteiger partial charge in [-0.15, -0.1) is 0 Å². The number of aromatic nitrogens is 1. The number of nitrogens with zero attached hydrogens (tertiary/aromatic N) is 2. The molecule has 0 radical (unpaired) electrons. The maximum Gasteiger partial charge on any atom is 0.261 e. The van der Waals surface area contributed by atoms with Gasteiger partial charge in [0.05, 0.1) is 42.5 Å². The molecule has 0 atom stereocenters. The fourth-order valence-corrected chi connectivity index (χ4v) is 3.94. The van der Waals surface area contributed by atoms with E-state index in [2.05, 4.69) is 4.98 Å². The highest BCUT2D eigenvalue weighted by atomic mass is 35.5. The minimum Gasteiger partial charge on any atom is -0.338 e. The number of nitrogens with one attached hydrogen (secondary N) is 1. The second kappa shape index (κ2) is 7.88. The average Bonchev–Trinajstić information content (AvgIpc) is 3.00. The van der Waals surface area contributed by atoms with Crippen LogP contribution in [-0.4, -0.2) is 38.1 Å². The Hall–Kier alpha value is -1.73. The van der Waals surface area contributed by atoms with Gasteiger partial charge < -0.3 is 4.90 Å². The number of amides is 1. The number of hydrogen-bond donors (Lipinski definition) is 1. The number of likely N-dealkylation sites (N-methyl/N-ethyl adjacent to an activating group) is 1. The molecule has 136 valence electrons. The van der Waals surface area contributed by atoms with Crippen molar-refractivity contribution in [1.82, 2.24) is 4.98 Å². The molecule has 0 saturated carbocycles. The van der Waals surface area contributed by atoms with Crippen molar-refractivity contribution in [3.05, 3.63) is 57.8 Å². The second-order valence-corrected chi connectivity index (χ2v) is 7.97. The third-order valence-corrected chi connectivity index (χ3v) is 5.42. The van der Waals surface area contributed by atoms with E-state index < -0.39 is 5.82 Å². The van der Waals surface area contributed by atoms with Crippen LogP contribution >= 0.6 is 34.5 Å². The molecule has 4 nitrogen and oxygen atoms in total. The number of fused-ring (bicyclic) bond motifs is 1. The van der Waals surface area contributed by atoms with Crippen molar-refractivity contribution >= 4 is 55.8 Å². The highest BCUT2D eigenvalue weighted by molar-refractivity contribution is 7.22. The first kappa shape index (κ1) is 19.0. The van der Waals surface area contributed by atoms with E-state index in [-0.39, 0.29) is 16.4 Å². The van der Waals surface area contributed by atoms with Crippen LogP contribution in [0.25, 0.3) is 10.2 Å². The Bertz CT molecular complexity index is 961. The van der Waals surface area contributed by atoms with E-state index >= 15 is 0 Å². The quantitative estimate of drug-likeness (QED) is 0.695. The van der Waals surface area contributed by atoms with Crippen LogP contribution in [0.5, 0.6) is 0 Å². The van der Waals surface area contributed by atoms with Gasteiger partial charge in [0.25, 0.3) is 5.91 Å². The van der Waals surface area contributed by atoms with Gasteiger partial charge in [-0.3, -0.25) is 9.69 Å². The SMILES string of the molecule is C[NH+](C)CCN(C(=O)c1ccc(Cl)cc1Cl)c1nc2c(F)cccc2s1. The van der Waals surface area contributed by atoms with E-state index in [0.29, 0.717) is 33.5 Å². The highest BCUT2D eigenvalue weighted by Crippen LogP contribution is 2.32. The minimum atomic E-state index is -0.403. The Morgan fingerprint density at radius 2 is 2.04 bits per heavy atom. The number of quaternary nitrogens is 1. The van der Waals surface area contributed by atoms with Crippen LogP contribution in [0.4, 0.5) is 9.52 Å². The smallest absolute Gasteiger partial charge is 0.261 e. The van der Waals surface area contributed by atoms with E-state index in [1.54, 1.807) is 29.2 Å². The fraction of sp³-hybridized carbons (Fsp3) is 0.222. The van der Waals surface area contributed by atoms with Gasteiger partial charge in [-0.2, -0.15) is 0 Å². The summed E-state index contributed by atoms with van der Waals surface area (Å²) in [5, 5.41) is 1.18. The standard InChI is InChI=1S/C18H16Cl2FN3OS/c1-23(2)8-9-24(17(25)12-7-6-11(19)10-13(12)20)18-22-16-14(21)4-3-5-15(16)26-18/h3-7,10H,8-9H2,1-2H3/p+1. The van der Waals surface area contributed by atoms with Crippen molar-refractivity contribution in [3.63, 3.8) is 0 Å². The molecule has 3 aromatic rings. The zero-order valence-corrected chi connectivity index (χ0v) is 16.6. The van der Waals surface area contributed by atoms with Crippen LogP contribution in [0, 0.1) is 5.82 Å². The number of carbonyl (C=O) groups is 1. The predicted octanol–water partition coefficient (Wildman–Crippen LogP) is 3.53. The largest absolute Gasteiger partial charge is 0.338 e. The average molecular weight is 413 g/mol. The molecule has 26 heavy (non-hydrogen) atoms. The molecule has 0 unspecified atom stereocenters. The third kappa shape index (κ3) is 3.99. The summed E-state index contributed by atoms with van der Waals surface area (Å²) in [5.41, 5.74) is 0.606. The van der Waals surface area contributed by atoms with Gasteiger partial charge in [0.2, 0.25) is 0 Å². The molecule has 3 rings (SSSR count). The molecule has 1 aromatic heterocycles. The molecule has 0 aliphatic heterocycles. The fourth-order valence-electron chi connectivity index (χ4n) is 2.45. The number of carbonyl (C=O) groups excluding carboxylic acids is 1. The Balaban J connectivity index is 2.03. The van der Waals surface area contributed by atoms with E-state index in [1.807, 2.05) is 14.1 Å². The normalized spacial score (nSPS) is 11.3. The lowest BCUT2D eigenvalue weighted by atomic mass is 10.2. The summed E-state index contributed by atoms with van der Waals surface area (Å²) in [6.07, 6.45) is 0. The van der Waals surface area contributed by atoms with Crippen molar-refractivity contribution in [2.75, 3.05) is 32.1 Å². The first-order chi connectivity index (χ1) is 12.4. The van der Waals surface area contributed by atoms with Crippen LogP contribution < -0.4 is 9.80 Å². The molecule has 0 aliphatic rings. The molecule has 0 bridgehead atoms. The maximum atomic E-state index is 14.0. The lowest BCUT2D eigenvalue weighted by Crippen LogP contribution is -3.06. The summed E-state index contributed by atoms with van der Waals surface area (Å²) >= 11 is 13.4. The van der Waals surface area contributed by atoms with Crippen molar-refractivity contribution in [3.8, 4) is 0 Å². The Morgan fingerprint density at radius 3 is 2.69 bits per heavy atom. The zero-order valence-electron chi connectivity index (χ0n) is 14.2. The van der Waals surface area contributed by atoms with Gasteiger partial charge in [-0.05, 0) is 30.3 Å². The second-order valence-electron chi connectivity index (χ2n) is 6.12. The number of anilines is 1. The van der Waals surface area contributed by atoms with Gasteiger partial charge >= 0.3 is 0 Å². The molecule has 1 amide bonds. The molecule has 8 heteroatoms. The van der Waals surface area contributed by atoms with Crippen LogP contribution in [-0.2, 0) is 0 Å². The predicted molar refractivity (Wildman–Crippen MR) is 105 cm³/mol. The van der Waals surface area contributed by atoms with Crippen LogP contribution in [0.1, 0.15) is 10.4 Å². The first-order valence-electron chi connectivity index (χ1n) is 7.98. The zero-order chi connectivity index (χ0) is 18.8.